The molecule has 1 N–H and O–H groups in total. The van der Waals surface area contributed by atoms with Gasteiger partial charge >= 0.3 is 0 Å². The highest BCUT2D eigenvalue weighted by atomic mass is 79.9. The summed E-state index contributed by atoms with van der Waals surface area (Å²) < 4.78 is 7.92. The van der Waals surface area contributed by atoms with Crippen LogP contribution >= 0.6 is 27.5 Å². The van der Waals surface area contributed by atoms with E-state index in [1.165, 1.54) is 0 Å². The van der Waals surface area contributed by atoms with Crippen LogP contribution in [0.4, 0.5) is 0 Å². The average Bonchev–Trinajstić information content (AvgIpc) is 2.84. The summed E-state index contributed by atoms with van der Waals surface area (Å²) in [6, 6.07) is 1.84. The first-order valence-electron chi connectivity index (χ1n) is 5.28. The summed E-state index contributed by atoms with van der Waals surface area (Å²) in [6.45, 7) is 2.87. The van der Waals surface area contributed by atoms with Gasteiger partial charge in [-0.05, 0) is 40.1 Å². The van der Waals surface area contributed by atoms with E-state index in [0.29, 0.717) is 5.22 Å². The minimum Gasteiger partial charge on any atom is -0.453 e. The Balaban J connectivity index is 2.46. The Bertz CT molecular complexity index is 489. The van der Waals surface area contributed by atoms with Gasteiger partial charge in [0.2, 0.25) is 0 Å². The highest BCUT2D eigenvalue weighted by molar-refractivity contribution is 9.10. The largest absolute Gasteiger partial charge is 0.453 e. The van der Waals surface area contributed by atoms with Gasteiger partial charge < -0.3 is 9.73 Å². The molecule has 0 bridgehead atoms. The molecular weight excluding hydrogens is 305 g/mol. The molecule has 0 aliphatic carbocycles. The molecule has 0 spiro atoms. The van der Waals surface area contributed by atoms with Gasteiger partial charge in [-0.3, -0.25) is 4.68 Å². The van der Waals surface area contributed by atoms with E-state index in [9.17, 15) is 0 Å². The van der Waals surface area contributed by atoms with Crippen LogP contribution in [0.2, 0.25) is 5.22 Å². The van der Waals surface area contributed by atoms with Gasteiger partial charge in [0.05, 0.1) is 28.7 Å². The molecule has 6 heteroatoms. The van der Waals surface area contributed by atoms with Crippen LogP contribution < -0.4 is 5.32 Å². The molecule has 2 aromatic heterocycles. The predicted octanol–water partition coefficient (Wildman–Crippen LogP) is 3.13. The fraction of sp³-hybridized carbons (Fsp3) is 0.364. The summed E-state index contributed by atoms with van der Waals surface area (Å²) in [5.41, 5.74) is 1.94. The molecular formula is C11H13BrClN3O. The van der Waals surface area contributed by atoms with Gasteiger partial charge in [-0.2, -0.15) is 5.10 Å². The Labute approximate surface area is 113 Å². The molecule has 92 valence electrons. The molecule has 2 aromatic rings. The minimum atomic E-state index is -0.0341. The first kappa shape index (κ1) is 12.7. The zero-order chi connectivity index (χ0) is 12.4. The van der Waals surface area contributed by atoms with Crippen LogP contribution in [0.25, 0.3) is 0 Å². The lowest BCUT2D eigenvalue weighted by Gasteiger charge is -2.18. The summed E-state index contributed by atoms with van der Waals surface area (Å²) in [4.78, 5) is 0. The Kier molecular flexibility index (Phi) is 3.91. The Morgan fingerprint density at radius 2 is 2.41 bits per heavy atom. The standard InChI is InChI=1S/C11H13BrClN3O/c1-3-14-9(7-4-5-17-11(7)13)10-8(12)6-15-16(10)2/h4-6,9,14H,3H2,1-2H3. The minimum absolute atomic E-state index is 0.0341. The molecule has 0 fully saturated rings. The van der Waals surface area contributed by atoms with E-state index < -0.39 is 0 Å². The molecule has 1 unspecified atom stereocenters. The first-order valence-corrected chi connectivity index (χ1v) is 6.46. The molecule has 0 radical (unpaired) electrons. The van der Waals surface area contributed by atoms with Crippen LogP contribution in [-0.4, -0.2) is 16.3 Å². The second-order valence-electron chi connectivity index (χ2n) is 3.64. The Hall–Kier alpha value is -0.780. The molecule has 0 saturated carbocycles. The number of rotatable bonds is 4. The fourth-order valence-corrected chi connectivity index (χ4v) is 2.61. The lowest BCUT2D eigenvalue weighted by atomic mass is 10.1. The maximum atomic E-state index is 6.04. The zero-order valence-corrected chi connectivity index (χ0v) is 11.9. The monoisotopic (exact) mass is 317 g/mol. The van der Waals surface area contributed by atoms with Gasteiger partial charge in [0.15, 0.2) is 5.22 Å². The van der Waals surface area contributed by atoms with Gasteiger partial charge in [-0.25, -0.2) is 0 Å². The van der Waals surface area contributed by atoms with Crippen molar-refractivity contribution < 1.29 is 4.42 Å². The van der Waals surface area contributed by atoms with Crippen LogP contribution in [0.3, 0.4) is 0 Å². The summed E-state index contributed by atoms with van der Waals surface area (Å²) in [5.74, 6) is 0. The molecule has 2 heterocycles. The third-order valence-electron chi connectivity index (χ3n) is 2.58. The van der Waals surface area contributed by atoms with Crippen LogP contribution in [0.1, 0.15) is 24.2 Å². The molecule has 0 aliphatic rings. The summed E-state index contributed by atoms with van der Waals surface area (Å²) in [7, 11) is 1.90. The van der Waals surface area contributed by atoms with E-state index >= 15 is 0 Å². The van der Waals surface area contributed by atoms with Crippen molar-refractivity contribution in [1.29, 1.82) is 0 Å². The van der Waals surface area contributed by atoms with Crippen molar-refractivity contribution in [1.82, 2.24) is 15.1 Å². The van der Waals surface area contributed by atoms with Crippen molar-refractivity contribution in [2.24, 2.45) is 7.05 Å². The summed E-state index contributed by atoms with van der Waals surface area (Å²) in [5, 5.41) is 8.00. The van der Waals surface area contributed by atoms with E-state index in [0.717, 1.165) is 22.3 Å². The van der Waals surface area contributed by atoms with E-state index in [4.69, 9.17) is 16.0 Å². The van der Waals surface area contributed by atoms with E-state index in [2.05, 4.69) is 26.3 Å². The van der Waals surface area contributed by atoms with E-state index in [1.54, 1.807) is 12.5 Å². The molecule has 1 atom stereocenters. The molecule has 17 heavy (non-hydrogen) atoms. The lowest BCUT2D eigenvalue weighted by Crippen LogP contribution is -2.24. The van der Waals surface area contributed by atoms with Crippen molar-refractivity contribution >= 4 is 27.5 Å². The van der Waals surface area contributed by atoms with Crippen LogP contribution in [0.5, 0.6) is 0 Å². The van der Waals surface area contributed by atoms with Gasteiger partial charge in [0.25, 0.3) is 0 Å². The topological polar surface area (TPSA) is 43.0 Å². The van der Waals surface area contributed by atoms with Crippen molar-refractivity contribution in [3.8, 4) is 0 Å². The molecule has 0 aliphatic heterocycles. The second-order valence-corrected chi connectivity index (χ2v) is 4.84. The van der Waals surface area contributed by atoms with Crippen molar-refractivity contribution in [3.05, 3.63) is 39.5 Å². The number of aromatic nitrogens is 2. The number of halogens is 2. The van der Waals surface area contributed by atoms with E-state index in [1.807, 2.05) is 24.7 Å². The van der Waals surface area contributed by atoms with E-state index in [-0.39, 0.29) is 6.04 Å². The van der Waals surface area contributed by atoms with Crippen LogP contribution in [-0.2, 0) is 7.05 Å². The average molecular weight is 319 g/mol. The van der Waals surface area contributed by atoms with Gasteiger partial charge in [0, 0.05) is 12.6 Å². The van der Waals surface area contributed by atoms with Crippen molar-refractivity contribution in [2.75, 3.05) is 6.54 Å². The number of hydrogen-bond donors (Lipinski definition) is 1. The quantitative estimate of drug-likeness (QED) is 0.942. The smallest absolute Gasteiger partial charge is 0.198 e. The summed E-state index contributed by atoms with van der Waals surface area (Å²) >= 11 is 9.54. The molecule has 0 aromatic carbocycles. The van der Waals surface area contributed by atoms with Crippen LogP contribution in [0, 0.1) is 0 Å². The van der Waals surface area contributed by atoms with Gasteiger partial charge in [-0.15, -0.1) is 0 Å². The Morgan fingerprint density at radius 1 is 1.65 bits per heavy atom. The van der Waals surface area contributed by atoms with Crippen LogP contribution in [0.15, 0.2) is 27.4 Å². The number of nitrogens with one attached hydrogen (secondary N) is 1. The zero-order valence-electron chi connectivity index (χ0n) is 9.58. The highest BCUT2D eigenvalue weighted by Crippen LogP contribution is 2.32. The molecule has 0 saturated heterocycles. The summed E-state index contributed by atoms with van der Waals surface area (Å²) in [6.07, 6.45) is 3.36. The third-order valence-corrected chi connectivity index (χ3v) is 3.49. The maximum Gasteiger partial charge on any atom is 0.198 e. The SMILES string of the molecule is CCNC(c1ccoc1Cl)c1c(Br)cnn1C. The number of furan rings is 1. The van der Waals surface area contributed by atoms with Crippen molar-refractivity contribution in [2.45, 2.75) is 13.0 Å². The molecule has 4 nitrogen and oxygen atoms in total. The number of nitrogens with zero attached hydrogens (tertiary/aromatic N) is 2. The highest BCUT2D eigenvalue weighted by Gasteiger charge is 2.23. The van der Waals surface area contributed by atoms with Crippen molar-refractivity contribution in [3.63, 3.8) is 0 Å². The predicted molar refractivity (Wildman–Crippen MR) is 70.1 cm³/mol. The van der Waals surface area contributed by atoms with Gasteiger partial charge in [-0.1, -0.05) is 6.92 Å². The number of aryl methyl sites for hydroxylation is 1. The maximum absolute atomic E-state index is 6.04. The lowest BCUT2D eigenvalue weighted by molar-refractivity contribution is 0.541. The Morgan fingerprint density at radius 3 is 2.88 bits per heavy atom. The second kappa shape index (κ2) is 5.25. The fourth-order valence-electron chi connectivity index (χ4n) is 1.81. The number of hydrogen-bond acceptors (Lipinski definition) is 3. The normalized spacial score (nSPS) is 12.9. The first-order chi connectivity index (χ1) is 8.15. The third kappa shape index (κ3) is 2.41. The molecule has 0 amide bonds. The van der Waals surface area contributed by atoms with Gasteiger partial charge in [0.1, 0.15) is 0 Å². The molecule has 2 rings (SSSR count).